The third-order valence-electron chi connectivity index (χ3n) is 5.07. The summed E-state index contributed by atoms with van der Waals surface area (Å²) in [4.78, 5) is 11.2. The molecule has 6 heteroatoms. The van der Waals surface area contributed by atoms with Gasteiger partial charge in [-0.05, 0) is 33.4 Å². The number of aryl methyl sites for hydroxylation is 2. The molecule has 0 fully saturated rings. The first-order valence-electron chi connectivity index (χ1n) is 9.24. The molecule has 1 aromatic carbocycles. The normalized spacial score (nSPS) is 12.4. The van der Waals surface area contributed by atoms with Crippen molar-refractivity contribution in [2.24, 2.45) is 7.05 Å². The summed E-state index contributed by atoms with van der Waals surface area (Å²) >= 11 is 0. The predicted molar refractivity (Wildman–Crippen MR) is 108 cm³/mol. The van der Waals surface area contributed by atoms with Gasteiger partial charge < -0.3 is 5.32 Å². The number of benzene rings is 1. The van der Waals surface area contributed by atoms with Crippen LogP contribution in [0.2, 0.25) is 0 Å². The lowest BCUT2D eigenvalue weighted by molar-refractivity contribution is 0.251. The summed E-state index contributed by atoms with van der Waals surface area (Å²) < 4.78 is 1.95. The minimum atomic E-state index is 0.273. The molecular weight excluding hydrogens is 336 g/mol. The minimum absolute atomic E-state index is 0.273. The Kier molecular flexibility index (Phi) is 5.86. The maximum Gasteiger partial charge on any atom is 0.222 e. The molecule has 6 nitrogen and oxygen atoms in total. The number of anilines is 1. The smallest absolute Gasteiger partial charge is 0.222 e. The van der Waals surface area contributed by atoms with Gasteiger partial charge in [0.05, 0.1) is 5.69 Å². The van der Waals surface area contributed by atoms with E-state index in [1.54, 1.807) is 0 Å². The van der Waals surface area contributed by atoms with E-state index < -0.39 is 0 Å². The Morgan fingerprint density at radius 1 is 1.07 bits per heavy atom. The largest absolute Gasteiger partial charge is 0.350 e. The van der Waals surface area contributed by atoms with Gasteiger partial charge in [-0.25, -0.2) is 9.97 Å². The SMILES string of the molecule is Cc1nn(C)c(C)c1[C@@H](C)N(C)Cc1cnc(NCc2ccccc2)nc1. The Hall–Kier alpha value is -2.73. The highest BCUT2D eigenvalue weighted by atomic mass is 15.3. The molecule has 0 saturated heterocycles. The zero-order chi connectivity index (χ0) is 19.4. The van der Waals surface area contributed by atoms with Crippen LogP contribution >= 0.6 is 0 Å². The summed E-state index contributed by atoms with van der Waals surface area (Å²) in [5, 5.41) is 7.80. The fourth-order valence-electron chi connectivity index (χ4n) is 3.34. The molecule has 3 aromatic rings. The quantitative estimate of drug-likeness (QED) is 0.694. The molecule has 0 aliphatic rings. The van der Waals surface area contributed by atoms with E-state index >= 15 is 0 Å². The van der Waals surface area contributed by atoms with Crippen LogP contribution in [-0.2, 0) is 20.1 Å². The van der Waals surface area contributed by atoms with Crippen LogP contribution in [0, 0.1) is 13.8 Å². The molecule has 0 radical (unpaired) electrons. The molecule has 142 valence electrons. The van der Waals surface area contributed by atoms with Gasteiger partial charge in [-0.15, -0.1) is 0 Å². The molecule has 1 N–H and O–H groups in total. The van der Waals surface area contributed by atoms with Crippen molar-refractivity contribution >= 4 is 5.95 Å². The van der Waals surface area contributed by atoms with E-state index in [0.29, 0.717) is 5.95 Å². The molecular formula is C21H28N6. The Labute approximate surface area is 161 Å². The van der Waals surface area contributed by atoms with Gasteiger partial charge in [-0.2, -0.15) is 5.10 Å². The van der Waals surface area contributed by atoms with Crippen LogP contribution in [0.1, 0.15) is 41.0 Å². The molecule has 27 heavy (non-hydrogen) atoms. The summed E-state index contributed by atoms with van der Waals surface area (Å²) in [7, 11) is 4.12. The molecule has 0 unspecified atom stereocenters. The summed E-state index contributed by atoms with van der Waals surface area (Å²) in [5.74, 6) is 0.650. The number of rotatable bonds is 7. The molecule has 0 aliphatic carbocycles. The molecule has 0 spiro atoms. The number of nitrogens with zero attached hydrogens (tertiary/aromatic N) is 5. The Bertz CT molecular complexity index is 870. The number of aromatic nitrogens is 4. The van der Waals surface area contributed by atoms with Crippen molar-refractivity contribution in [3.05, 3.63) is 70.8 Å². The first-order valence-corrected chi connectivity index (χ1v) is 9.24. The first kappa shape index (κ1) is 19.0. The maximum atomic E-state index is 4.54. The summed E-state index contributed by atoms with van der Waals surface area (Å²) in [6.07, 6.45) is 3.79. The van der Waals surface area contributed by atoms with E-state index in [1.165, 1.54) is 16.8 Å². The van der Waals surface area contributed by atoms with Gasteiger partial charge in [0, 0.05) is 55.4 Å². The molecule has 0 amide bonds. The number of hydrogen-bond donors (Lipinski definition) is 1. The average Bonchev–Trinajstić information content (AvgIpc) is 2.93. The molecule has 2 heterocycles. The van der Waals surface area contributed by atoms with Gasteiger partial charge in [0.2, 0.25) is 5.95 Å². The van der Waals surface area contributed by atoms with Crippen molar-refractivity contribution in [2.75, 3.05) is 12.4 Å². The summed E-state index contributed by atoms with van der Waals surface area (Å²) in [5.41, 5.74) is 5.89. The second kappa shape index (κ2) is 8.31. The fourth-order valence-corrected chi connectivity index (χ4v) is 3.34. The average molecular weight is 364 g/mol. The van der Waals surface area contributed by atoms with E-state index in [-0.39, 0.29) is 6.04 Å². The van der Waals surface area contributed by atoms with E-state index in [4.69, 9.17) is 0 Å². The van der Waals surface area contributed by atoms with Gasteiger partial charge in [0.25, 0.3) is 0 Å². The minimum Gasteiger partial charge on any atom is -0.350 e. The van der Waals surface area contributed by atoms with Crippen molar-refractivity contribution < 1.29 is 0 Å². The molecule has 0 saturated carbocycles. The summed E-state index contributed by atoms with van der Waals surface area (Å²) in [6.45, 7) is 7.91. The van der Waals surface area contributed by atoms with Crippen molar-refractivity contribution in [2.45, 2.75) is 39.9 Å². The highest BCUT2D eigenvalue weighted by Gasteiger charge is 2.20. The van der Waals surface area contributed by atoms with Crippen molar-refractivity contribution in [1.29, 1.82) is 0 Å². The van der Waals surface area contributed by atoms with Crippen LogP contribution in [-0.4, -0.2) is 31.7 Å². The monoisotopic (exact) mass is 364 g/mol. The van der Waals surface area contributed by atoms with Gasteiger partial charge >= 0.3 is 0 Å². The second-order valence-corrected chi connectivity index (χ2v) is 7.05. The van der Waals surface area contributed by atoms with Crippen LogP contribution in [0.5, 0.6) is 0 Å². The molecule has 2 aromatic heterocycles. The highest BCUT2D eigenvalue weighted by Crippen LogP contribution is 2.26. The van der Waals surface area contributed by atoms with Gasteiger partial charge in [0.1, 0.15) is 0 Å². The summed E-state index contributed by atoms with van der Waals surface area (Å²) in [6, 6.07) is 10.5. The van der Waals surface area contributed by atoms with Crippen LogP contribution in [0.3, 0.4) is 0 Å². The lowest BCUT2D eigenvalue weighted by atomic mass is 10.0. The van der Waals surface area contributed by atoms with Crippen LogP contribution < -0.4 is 5.32 Å². The Balaban J connectivity index is 1.60. The van der Waals surface area contributed by atoms with E-state index in [0.717, 1.165) is 24.3 Å². The van der Waals surface area contributed by atoms with Gasteiger partial charge in [-0.1, -0.05) is 30.3 Å². The van der Waals surface area contributed by atoms with Gasteiger partial charge in [0.15, 0.2) is 0 Å². The second-order valence-electron chi connectivity index (χ2n) is 7.05. The number of hydrogen-bond acceptors (Lipinski definition) is 5. The zero-order valence-electron chi connectivity index (χ0n) is 16.8. The van der Waals surface area contributed by atoms with E-state index in [9.17, 15) is 0 Å². The Morgan fingerprint density at radius 2 is 1.74 bits per heavy atom. The third-order valence-corrected chi connectivity index (χ3v) is 5.07. The standard InChI is InChI=1S/C21H28N6/c1-15-20(17(3)27(5)25-15)16(2)26(4)14-19-12-23-21(24-13-19)22-11-18-9-7-6-8-10-18/h6-10,12-13,16H,11,14H2,1-5H3,(H,22,23,24)/t16-/m1/s1. The van der Waals surface area contributed by atoms with E-state index in [2.05, 4.69) is 65.2 Å². The van der Waals surface area contributed by atoms with Crippen LogP contribution in [0.25, 0.3) is 0 Å². The van der Waals surface area contributed by atoms with Crippen molar-refractivity contribution in [3.8, 4) is 0 Å². The highest BCUT2D eigenvalue weighted by molar-refractivity contribution is 5.29. The molecule has 3 rings (SSSR count). The molecule has 0 bridgehead atoms. The molecule has 1 atom stereocenters. The topological polar surface area (TPSA) is 58.9 Å². The lowest BCUT2D eigenvalue weighted by Gasteiger charge is -2.25. The third kappa shape index (κ3) is 4.52. The lowest BCUT2D eigenvalue weighted by Crippen LogP contribution is -2.23. The van der Waals surface area contributed by atoms with Crippen LogP contribution in [0.15, 0.2) is 42.7 Å². The van der Waals surface area contributed by atoms with E-state index in [1.807, 2.05) is 42.3 Å². The van der Waals surface area contributed by atoms with Crippen molar-refractivity contribution in [3.63, 3.8) is 0 Å². The zero-order valence-corrected chi connectivity index (χ0v) is 16.8. The van der Waals surface area contributed by atoms with Crippen molar-refractivity contribution in [1.82, 2.24) is 24.6 Å². The number of nitrogens with one attached hydrogen (secondary N) is 1. The first-order chi connectivity index (χ1) is 13.0. The Morgan fingerprint density at radius 3 is 2.33 bits per heavy atom. The van der Waals surface area contributed by atoms with Crippen LogP contribution in [0.4, 0.5) is 5.95 Å². The fraction of sp³-hybridized carbons (Fsp3) is 0.381. The maximum absolute atomic E-state index is 4.54. The predicted octanol–water partition coefficient (Wildman–Crippen LogP) is 3.63. The van der Waals surface area contributed by atoms with Gasteiger partial charge in [-0.3, -0.25) is 9.58 Å². The molecule has 0 aliphatic heterocycles.